The Bertz CT molecular complexity index is 409. The average Bonchev–Trinajstić information content (AvgIpc) is 2.67. The predicted molar refractivity (Wildman–Crippen MR) is 79.5 cm³/mol. The van der Waals surface area contributed by atoms with Gasteiger partial charge in [0.1, 0.15) is 0 Å². The van der Waals surface area contributed by atoms with Crippen LogP contribution < -0.4 is 10.6 Å². The lowest BCUT2D eigenvalue weighted by Crippen LogP contribution is -2.37. The molecule has 2 amide bonds. The molecular weight excluding hydrogens is 236 g/mol. The van der Waals surface area contributed by atoms with Gasteiger partial charge in [-0.2, -0.15) is 0 Å². The molecule has 0 radical (unpaired) electrons. The standard InChI is InChI=1S/C16H24N2O/c1-2-13-8-7-11-15(12-13)18-16(19)17-14-9-5-3-4-6-10-14/h7-8,11-12,14H,2-6,9-10H2,1H3,(H2,17,18,19). The fourth-order valence-corrected chi connectivity index (χ4v) is 2.65. The molecule has 2 N–H and O–H groups in total. The quantitative estimate of drug-likeness (QED) is 0.789. The van der Waals surface area contributed by atoms with E-state index in [0.29, 0.717) is 6.04 Å². The van der Waals surface area contributed by atoms with E-state index in [2.05, 4.69) is 23.6 Å². The van der Waals surface area contributed by atoms with Crippen molar-refractivity contribution < 1.29 is 4.79 Å². The number of benzene rings is 1. The van der Waals surface area contributed by atoms with Crippen LogP contribution >= 0.6 is 0 Å². The number of carbonyl (C=O) groups excluding carboxylic acids is 1. The fourth-order valence-electron chi connectivity index (χ4n) is 2.65. The van der Waals surface area contributed by atoms with Crippen LogP contribution in [0.3, 0.4) is 0 Å². The zero-order valence-electron chi connectivity index (χ0n) is 11.7. The van der Waals surface area contributed by atoms with Gasteiger partial charge >= 0.3 is 6.03 Å². The summed E-state index contributed by atoms with van der Waals surface area (Å²) in [6.45, 7) is 2.12. The molecule has 3 nitrogen and oxygen atoms in total. The second-order valence-electron chi connectivity index (χ2n) is 5.34. The van der Waals surface area contributed by atoms with E-state index in [-0.39, 0.29) is 6.03 Å². The SMILES string of the molecule is CCc1cccc(NC(=O)NC2CCCCCC2)c1. The molecule has 0 spiro atoms. The first-order chi connectivity index (χ1) is 9.28. The van der Waals surface area contributed by atoms with Crippen LogP contribution in [-0.4, -0.2) is 12.1 Å². The summed E-state index contributed by atoms with van der Waals surface area (Å²) < 4.78 is 0. The molecule has 3 heteroatoms. The highest BCUT2D eigenvalue weighted by Crippen LogP contribution is 2.17. The molecule has 1 aliphatic carbocycles. The second kappa shape index (κ2) is 7.17. The zero-order chi connectivity index (χ0) is 13.5. The van der Waals surface area contributed by atoms with Gasteiger partial charge in [0.25, 0.3) is 0 Å². The Morgan fingerprint density at radius 2 is 1.95 bits per heavy atom. The average molecular weight is 260 g/mol. The van der Waals surface area contributed by atoms with Crippen LogP contribution in [-0.2, 0) is 6.42 Å². The van der Waals surface area contributed by atoms with Gasteiger partial charge < -0.3 is 10.6 Å². The van der Waals surface area contributed by atoms with E-state index in [4.69, 9.17) is 0 Å². The van der Waals surface area contributed by atoms with Crippen LogP contribution in [0.2, 0.25) is 0 Å². The smallest absolute Gasteiger partial charge is 0.319 e. The first-order valence-corrected chi connectivity index (χ1v) is 7.44. The Hall–Kier alpha value is -1.51. The van der Waals surface area contributed by atoms with Gasteiger partial charge in [-0.15, -0.1) is 0 Å². The molecule has 0 saturated heterocycles. The third kappa shape index (κ3) is 4.58. The molecule has 0 aromatic heterocycles. The summed E-state index contributed by atoms with van der Waals surface area (Å²) in [4.78, 5) is 12.0. The molecular formula is C16H24N2O. The maximum absolute atomic E-state index is 12.0. The van der Waals surface area contributed by atoms with Crippen LogP contribution in [0.25, 0.3) is 0 Å². The van der Waals surface area contributed by atoms with Gasteiger partial charge in [0.2, 0.25) is 0 Å². The van der Waals surface area contributed by atoms with Crippen LogP contribution in [0.4, 0.5) is 10.5 Å². The summed E-state index contributed by atoms with van der Waals surface area (Å²) in [5, 5.41) is 6.03. The third-order valence-corrected chi connectivity index (χ3v) is 3.78. The molecule has 0 atom stereocenters. The lowest BCUT2D eigenvalue weighted by atomic mass is 10.1. The normalized spacial score (nSPS) is 16.7. The summed E-state index contributed by atoms with van der Waals surface area (Å²) in [6, 6.07) is 8.31. The minimum absolute atomic E-state index is 0.0693. The van der Waals surface area contributed by atoms with Crippen molar-refractivity contribution in [1.29, 1.82) is 0 Å². The molecule has 1 fully saturated rings. The lowest BCUT2D eigenvalue weighted by molar-refractivity contribution is 0.247. The van der Waals surface area contributed by atoms with Crippen molar-refractivity contribution in [2.24, 2.45) is 0 Å². The van der Waals surface area contributed by atoms with E-state index in [0.717, 1.165) is 24.9 Å². The summed E-state index contributed by atoms with van der Waals surface area (Å²) in [5.74, 6) is 0. The molecule has 1 aliphatic rings. The van der Waals surface area contributed by atoms with Crippen molar-refractivity contribution in [2.45, 2.75) is 57.9 Å². The maximum atomic E-state index is 12.0. The van der Waals surface area contributed by atoms with E-state index in [1.54, 1.807) is 0 Å². The van der Waals surface area contributed by atoms with E-state index in [9.17, 15) is 4.79 Å². The molecule has 19 heavy (non-hydrogen) atoms. The topological polar surface area (TPSA) is 41.1 Å². The van der Waals surface area contributed by atoms with Crippen molar-refractivity contribution >= 4 is 11.7 Å². The number of rotatable bonds is 3. The molecule has 1 aromatic carbocycles. The van der Waals surface area contributed by atoms with Crippen LogP contribution in [0.1, 0.15) is 51.0 Å². The van der Waals surface area contributed by atoms with Gasteiger partial charge in [0.15, 0.2) is 0 Å². The summed E-state index contributed by atoms with van der Waals surface area (Å²) >= 11 is 0. The van der Waals surface area contributed by atoms with Gasteiger partial charge in [-0.3, -0.25) is 0 Å². The summed E-state index contributed by atoms with van der Waals surface area (Å²) in [5.41, 5.74) is 2.12. The molecule has 2 rings (SSSR count). The van der Waals surface area contributed by atoms with E-state index >= 15 is 0 Å². The minimum atomic E-state index is -0.0693. The second-order valence-corrected chi connectivity index (χ2v) is 5.34. The largest absolute Gasteiger partial charge is 0.335 e. The number of hydrogen-bond acceptors (Lipinski definition) is 1. The number of amides is 2. The molecule has 0 aliphatic heterocycles. The van der Waals surface area contributed by atoms with Crippen LogP contribution in [0, 0.1) is 0 Å². The zero-order valence-corrected chi connectivity index (χ0v) is 11.7. The summed E-state index contributed by atoms with van der Waals surface area (Å²) in [6.07, 6.45) is 8.29. The van der Waals surface area contributed by atoms with E-state index < -0.39 is 0 Å². The first kappa shape index (κ1) is 13.9. The molecule has 0 unspecified atom stereocenters. The Balaban J connectivity index is 1.85. The highest BCUT2D eigenvalue weighted by molar-refractivity contribution is 5.89. The highest BCUT2D eigenvalue weighted by atomic mass is 16.2. The molecule has 0 heterocycles. The molecule has 1 aromatic rings. The number of urea groups is 1. The van der Waals surface area contributed by atoms with Crippen molar-refractivity contribution in [3.05, 3.63) is 29.8 Å². The van der Waals surface area contributed by atoms with E-state index in [1.165, 1.54) is 31.2 Å². The van der Waals surface area contributed by atoms with Crippen molar-refractivity contribution in [3.63, 3.8) is 0 Å². The van der Waals surface area contributed by atoms with Gasteiger partial charge in [0, 0.05) is 11.7 Å². The number of hydrogen-bond donors (Lipinski definition) is 2. The number of nitrogens with one attached hydrogen (secondary N) is 2. The van der Waals surface area contributed by atoms with E-state index in [1.807, 2.05) is 18.2 Å². The molecule has 0 bridgehead atoms. The minimum Gasteiger partial charge on any atom is -0.335 e. The van der Waals surface area contributed by atoms with Gasteiger partial charge in [-0.25, -0.2) is 4.79 Å². The monoisotopic (exact) mass is 260 g/mol. The van der Waals surface area contributed by atoms with Crippen molar-refractivity contribution in [2.75, 3.05) is 5.32 Å². The number of aryl methyl sites for hydroxylation is 1. The van der Waals surface area contributed by atoms with Gasteiger partial charge in [-0.05, 0) is 37.0 Å². The van der Waals surface area contributed by atoms with Crippen LogP contribution in [0.15, 0.2) is 24.3 Å². The Kier molecular flexibility index (Phi) is 5.25. The number of carbonyl (C=O) groups is 1. The maximum Gasteiger partial charge on any atom is 0.319 e. The predicted octanol–water partition coefficient (Wildman–Crippen LogP) is 4.09. The third-order valence-electron chi connectivity index (χ3n) is 3.78. The van der Waals surface area contributed by atoms with Crippen LogP contribution in [0.5, 0.6) is 0 Å². The Morgan fingerprint density at radius 1 is 1.21 bits per heavy atom. The van der Waals surface area contributed by atoms with Crippen molar-refractivity contribution in [1.82, 2.24) is 5.32 Å². The van der Waals surface area contributed by atoms with Gasteiger partial charge in [-0.1, -0.05) is 44.7 Å². The summed E-state index contributed by atoms with van der Waals surface area (Å²) in [7, 11) is 0. The first-order valence-electron chi connectivity index (χ1n) is 7.44. The Labute approximate surface area is 115 Å². The van der Waals surface area contributed by atoms with Gasteiger partial charge in [0.05, 0.1) is 0 Å². The molecule has 104 valence electrons. The fraction of sp³-hybridized carbons (Fsp3) is 0.562. The number of anilines is 1. The highest BCUT2D eigenvalue weighted by Gasteiger charge is 2.14. The van der Waals surface area contributed by atoms with Crippen molar-refractivity contribution in [3.8, 4) is 0 Å². The lowest BCUT2D eigenvalue weighted by Gasteiger charge is -2.17. The molecule has 1 saturated carbocycles. The Morgan fingerprint density at radius 3 is 2.63 bits per heavy atom.